The van der Waals surface area contributed by atoms with E-state index in [-0.39, 0.29) is 17.9 Å². The van der Waals surface area contributed by atoms with Crippen LogP contribution in [0.1, 0.15) is 38.7 Å². The molecular formula is C24H32N4O2. The Kier molecular flexibility index (Phi) is 7.46. The normalized spacial score (nSPS) is 15.0. The molecular weight excluding hydrogens is 376 g/mol. The lowest BCUT2D eigenvalue weighted by atomic mass is 10.1. The Balaban J connectivity index is 1.61. The Labute approximate surface area is 179 Å². The molecule has 1 fully saturated rings. The van der Waals surface area contributed by atoms with Crippen LogP contribution in [-0.4, -0.2) is 42.9 Å². The van der Waals surface area contributed by atoms with Crippen LogP contribution in [0.25, 0.3) is 0 Å². The Morgan fingerprint density at radius 2 is 1.57 bits per heavy atom. The van der Waals surface area contributed by atoms with Crippen molar-refractivity contribution in [3.05, 3.63) is 54.1 Å². The summed E-state index contributed by atoms with van der Waals surface area (Å²) in [4.78, 5) is 28.4. The van der Waals surface area contributed by atoms with E-state index in [1.165, 1.54) is 37.4 Å². The predicted molar refractivity (Wildman–Crippen MR) is 123 cm³/mol. The van der Waals surface area contributed by atoms with Crippen molar-refractivity contribution in [3.8, 4) is 0 Å². The molecule has 1 aliphatic rings. The second kappa shape index (κ2) is 10.3. The number of carbonyl (C=O) groups excluding carboxylic acids is 2. The number of piperidine rings is 1. The van der Waals surface area contributed by atoms with Crippen LogP contribution in [0.5, 0.6) is 0 Å². The SMILES string of the molecule is CC(=O)Nc1ccc(NC(=O)C(C)N(C)Cc2ccccc2N2CCCCC2)cc1. The fourth-order valence-corrected chi connectivity index (χ4v) is 3.78. The van der Waals surface area contributed by atoms with Gasteiger partial charge in [0, 0.05) is 43.6 Å². The lowest BCUT2D eigenvalue weighted by Gasteiger charge is -2.32. The maximum atomic E-state index is 12.8. The first-order valence-electron chi connectivity index (χ1n) is 10.7. The molecule has 6 nitrogen and oxygen atoms in total. The van der Waals surface area contributed by atoms with E-state index in [9.17, 15) is 9.59 Å². The van der Waals surface area contributed by atoms with Crippen LogP contribution in [0.4, 0.5) is 17.1 Å². The van der Waals surface area contributed by atoms with Gasteiger partial charge >= 0.3 is 0 Å². The van der Waals surface area contributed by atoms with Crippen molar-refractivity contribution in [2.45, 2.75) is 45.7 Å². The Hall–Kier alpha value is -2.86. The number of benzene rings is 2. The van der Waals surface area contributed by atoms with Crippen LogP contribution in [0.2, 0.25) is 0 Å². The molecule has 0 bridgehead atoms. The summed E-state index contributed by atoms with van der Waals surface area (Å²) in [6.45, 7) is 6.31. The summed E-state index contributed by atoms with van der Waals surface area (Å²) in [5.41, 5.74) is 3.95. The molecule has 2 amide bonds. The molecule has 0 aromatic heterocycles. The predicted octanol–water partition coefficient (Wildman–Crippen LogP) is 4.09. The standard InChI is InChI=1S/C24H32N4O2/c1-18(24(30)26-22-13-11-21(12-14-22)25-19(2)29)27(3)17-20-9-5-6-10-23(20)28-15-7-4-8-16-28/h5-6,9-14,18H,4,7-8,15-17H2,1-3H3,(H,25,29)(H,26,30). The van der Waals surface area contributed by atoms with Crippen molar-refractivity contribution in [3.63, 3.8) is 0 Å². The van der Waals surface area contributed by atoms with Gasteiger partial charge < -0.3 is 15.5 Å². The maximum absolute atomic E-state index is 12.8. The van der Waals surface area contributed by atoms with Gasteiger partial charge in [-0.25, -0.2) is 0 Å². The van der Waals surface area contributed by atoms with E-state index in [1.54, 1.807) is 24.3 Å². The Morgan fingerprint density at radius 3 is 2.20 bits per heavy atom. The molecule has 30 heavy (non-hydrogen) atoms. The minimum Gasteiger partial charge on any atom is -0.371 e. The molecule has 1 unspecified atom stereocenters. The number of anilines is 3. The lowest BCUT2D eigenvalue weighted by Crippen LogP contribution is -2.39. The molecule has 0 radical (unpaired) electrons. The van der Waals surface area contributed by atoms with Gasteiger partial charge in [0.25, 0.3) is 0 Å². The highest BCUT2D eigenvalue weighted by atomic mass is 16.2. The zero-order valence-electron chi connectivity index (χ0n) is 18.1. The van der Waals surface area contributed by atoms with E-state index in [2.05, 4.69) is 44.7 Å². The average Bonchev–Trinajstić information content (AvgIpc) is 2.75. The third-order valence-corrected chi connectivity index (χ3v) is 5.62. The minimum absolute atomic E-state index is 0.0553. The minimum atomic E-state index is -0.283. The van der Waals surface area contributed by atoms with Crippen LogP contribution in [0.15, 0.2) is 48.5 Å². The molecule has 2 N–H and O–H groups in total. The molecule has 1 aliphatic heterocycles. The highest BCUT2D eigenvalue weighted by Gasteiger charge is 2.21. The fraction of sp³-hybridized carbons (Fsp3) is 0.417. The number of carbonyl (C=O) groups is 2. The van der Waals surface area contributed by atoms with E-state index in [0.29, 0.717) is 17.9 Å². The molecule has 1 heterocycles. The number of nitrogens with one attached hydrogen (secondary N) is 2. The summed E-state index contributed by atoms with van der Waals surface area (Å²) in [6, 6.07) is 15.4. The lowest BCUT2D eigenvalue weighted by molar-refractivity contribution is -0.120. The number of hydrogen-bond donors (Lipinski definition) is 2. The van der Waals surface area contributed by atoms with E-state index in [4.69, 9.17) is 0 Å². The summed E-state index contributed by atoms with van der Waals surface area (Å²) in [5, 5.41) is 5.69. The van der Waals surface area contributed by atoms with Crippen LogP contribution in [0.3, 0.4) is 0 Å². The van der Waals surface area contributed by atoms with E-state index >= 15 is 0 Å². The molecule has 6 heteroatoms. The number of para-hydroxylation sites is 1. The van der Waals surface area contributed by atoms with E-state index in [0.717, 1.165) is 13.1 Å². The number of amides is 2. The largest absolute Gasteiger partial charge is 0.371 e. The second-order valence-corrected chi connectivity index (χ2v) is 8.02. The van der Waals surface area contributed by atoms with Gasteiger partial charge in [-0.3, -0.25) is 14.5 Å². The van der Waals surface area contributed by atoms with Gasteiger partial charge in [0.1, 0.15) is 0 Å². The first-order chi connectivity index (χ1) is 14.4. The van der Waals surface area contributed by atoms with E-state index in [1.807, 2.05) is 14.0 Å². The fourth-order valence-electron chi connectivity index (χ4n) is 3.78. The number of likely N-dealkylation sites (N-methyl/N-ethyl adjacent to an activating group) is 1. The average molecular weight is 409 g/mol. The summed E-state index contributed by atoms with van der Waals surface area (Å²) >= 11 is 0. The smallest absolute Gasteiger partial charge is 0.241 e. The van der Waals surface area contributed by atoms with Crippen molar-refractivity contribution in [1.82, 2.24) is 4.90 Å². The highest BCUT2D eigenvalue weighted by molar-refractivity contribution is 5.95. The molecule has 2 aromatic carbocycles. The summed E-state index contributed by atoms with van der Waals surface area (Å²) in [7, 11) is 1.98. The second-order valence-electron chi connectivity index (χ2n) is 8.02. The Bertz CT molecular complexity index is 860. The monoisotopic (exact) mass is 408 g/mol. The van der Waals surface area contributed by atoms with Crippen molar-refractivity contribution in [1.29, 1.82) is 0 Å². The molecule has 1 saturated heterocycles. The molecule has 2 aromatic rings. The van der Waals surface area contributed by atoms with E-state index < -0.39 is 0 Å². The molecule has 1 atom stereocenters. The maximum Gasteiger partial charge on any atom is 0.241 e. The first kappa shape index (κ1) is 21.8. The van der Waals surface area contributed by atoms with Gasteiger partial charge in [-0.2, -0.15) is 0 Å². The molecule has 0 saturated carbocycles. The van der Waals surface area contributed by atoms with Crippen LogP contribution in [-0.2, 0) is 16.1 Å². The summed E-state index contributed by atoms with van der Waals surface area (Å²) < 4.78 is 0. The van der Waals surface area contributed by atoms with Crippen LogP contribution < -0.4 is 15.5 Å². The molecule has 0 aliphatic carbocycles. The quantitative estimate of drug-likeness (QED) is 0.724. The Morgan fingerprint density at radius 1 is 0.967 bits per heavy atom. The van der Waals surface area contributed by atoms with Crippen molar-refractivity contribution >= 4 is 28.9 Å². The van der Waals surface area contributed by atoms with Crippen LogP contribution >= 0.6 is 0 Å². The third-order valence-electron chi connectivity index (χ3n) is 5.62. The van der Waals surface area contributed by atoms with Gasteiger partial charge in [0.2, 0.25) is 11.8 Å². The van der Waals surface area contributed by atoms with Gasteiger partial charge in [0.15, 0.2) is 0 Å². The van der Waals surface area contributed by atoms with Crippen molar-refractivity contribution < 1.29 is 9.59 Å². The molecule has 3 rings (SSSR count). The zero-order valence-corrected chi connectivity index (χ0v) is 18.1. The van der Waals surface area contributed by atoms with Gasteiger partial charge in [0.05, 0.1) is 6.04 Å². The zero-order chi connectivity index (χ0) is 21.5. The summed E-state index contributed by atoms with van der Waals surface area (Å²) in [5.74, 6) is -0.174. The molecule has 160 valence electrons. The topological polar surface area (TPSA) is 64.7 Å². The first-order valence-corrected chi connectivity index (χ1v) is 10.7. The van der Waals surface area contributed by atoms with Crippen molar-refractivity contribution in [2.24, 2.45) is 0 Å². The third kappa shape index (κ3) is 5.83. The summed E-state index contributed by atoms with van der Waals surface area (Å²) in [6.07, 6.45) is 3.79. The van der Waals surface area contributed by atoms with Crippen molar-refractivity contribution in [2.75, 3.05) is 35.7 Å². The highest BCUT2D eigenvalue weighted by Crippen LogP contribution is 2.25. The van der Waals surface area contributed by atoms with Crippen LogP contribution in [0, 0.1) is 0 Å². The van der Waals surface area contributed by atoms with Gasteiger partial charge in [-0.1, -0.05) is 18.2 Å². The molecule has 0 spiro atoms. The van der Waals surface area contributed by atoms with Gasteiger partial charge in [-0.05, 0) is 69.1 Å². The number of nitrogens with zero attached hydrogens (tertiary/aromatic N) is 2. The number of rotatable bonds is 7. The van der Waals surface area contributed by atoms with Gasteiger partial charge in [-0.15, -0.1) is 0 Å². The number of hydrogen-bond acceptors (Lipinski definition) is 4.